The number of fused-ring (bicyclic) bond motifs is 1. The molecule has 104 valence electrons. The van der Waals surface area contributed by atoms with Gasteiger partial charge in [0.25, 0.3) is 0 Å². The van der Waals surface area contributed by atoms with Crippen molar-refractivity contribution in [2.75, 3.05) is 0 Å². The van der Waals surface area contributed by atoms with E-state index in [0.29, 0.717) is 5.75 Å². The Kier molecular flexibility index (Phi) is 2.72. The van der Waals surface area contributed by atoms with E-state index in [-0.39, 0.29) is 10.8 Å². The number of aromatic hydroxyl groups is 1. The molecule has 1 heteroatoms. The highest BCUT2D eigenvalue weighted by Gasteiger charge is 2.45. The number of hydrogen-bond acceptors (Lipinski definition) is 1. The Bertz CT molecular complexity index is 652. The number of phenols is 1. The minimum Gasteiger partial charge on any atom is -0.508 e. The fourth-order valence-corrected chi connectivity index (χ4v) is 3.87. The zero-order valence-corrected chi connectivity index (χ0v) is 12.7. The van der Waals surface area contributed by atoms with Crippen molar-refractivity contribution in [3.63, 3.8) is 0 Å². The van der Waals surface area contributed by atoms with E-state index >= 15 is 0 Å². The summed E-state index contributed by atoms with van der Waals surface area (Å²) >= 11 is 0. The third-order valence-electron chi connectivity index (χ3n) is 4.80. The fraction of sp³-hybridized carbons (Fsp3) is 0.368. The van der Waals surface area contributed by atoms with Crippen LogP contribution in [0.15, 0.2) is 42.5 Å². The molecule has 0 fully saturated rings. The molecule has 0 heterocycles. The maximum absolute atomic E-state index is 9.53. The minimum absolute atomic E-state index is 0.0263. The Balaban J connectivity index is 2.21. The zero-order chi connectivity index (χ0) is 14.5. The average Bonchev–Trinajstić information content (AvgIpc) is 2.58. The minimum atomic E-state index is 0.0263. The number of benzene rings is 2. The third-order valence-corrected chi connectivity index (χ3v) is 4.80. The molecule has 0 saturated heterocycles. The lowest BCUT2D eigenvalue weighted by molar-refractivity contribution is 0.424. The summed E-state index contributed by atoms with van der Waals surface area (Å²) in [5.74, 6) is 0.332. The van der Waals surface area contributed by atoms with Gasteiger partial charge in [-0.2, -0.15) is 0 Å². The van der Waals surface area contributed by atoms with Gasteiger partial charge in [0.05, 0.1) is 0 Å². The first-order valence-corrected chi connectivity index (χ1v) is 7.24. The van der Waals surface area contributed by atoms with Crippen molar-refractivity contribution in [2.45, 2.75) is 44.9 Å². The third kappa shape index (κ3) is 1.84. The van der Waals surface area contributed by atoms with Crippen molar-refractivity contribution in [1.82, 2.24) is 0 Å². The monoisotopic (exact) mass is 266 g/mol. The highest BCUT2D eigenvalue weighted by atomic mass is 16.3. The molecule has 0 aromatic heterocycles. The molecule has 1 nitrogen and oxygen atoms in total. The van der Waals surface area contributed by atoms with Crippen LogP contribution in [-0.4, -0.2) is 5.11 Å². The van der Waals surface area contributed by atoms with Crippen LogP contribution in [0.2, 0.25) is 0 Å². The molecule has 0 radical (unpaired) electrons. The van der Waals surface area contributed by atoms with Crippen molar-refractivity contribution in [2.24, 2.45) is 0 Å². The summed E-state index contributed by atoms with van der Waals surface area (Å²) in [5, 5.41) is 9.53. The quantitative estimate of drug-likeness (QED) is 0.794. The van der Waals surface area contributed by atoms with Gasteiger partial charge >= 0.3 is 0 Å². The summed E-state index contributed by atoms with van der Waals surface area (Å²) in [4.78, 5) is 0. The van der Waals surface area contributed by atoms with Crippen molar-refractivity contribution < 1.29 is 5.11 Å². The first-order valence-electron chi connectivity index (χ1n) is 7.24. The van der Waals surface area contributed by atoms with E-state index in [1.54, 1.807) is 12.1 Å². The SMILES string of the molecule is Cc1ccc2c(c1)C(C)(c1ccc(O)cc1)CC2(C)C. The van der Waals surface area contributed by atoms with Gasteiger partial charge in [0.15, 0.2) is 0 Å². The van der Waals surface area contributed by atoms with Gasteiger partial charge in [-0.1, -0.05) is 56.7 Å². The first kappa shape index (κ1) is 13.2. The summed E-state index contributed by atoms with van der Waals surface area (Å²) in [6.45, 7) is 9.13. The predicted molar refractivity (Wildman–Crippen MR) is 83.4 cm³/mol. The lowest BCUT2D eigenvalue weighted by Gasteiger charge is -2.28. The average molecular weight is 266 g/mol. The Hall–Kier alpha value is -1.76. The second-order valence-corrected chi connectivity index (χ2v) is 6.99. The number of hydrogen-bond donors (Lipinski definition) is 1. The van der Waals surface area contributed by atoms with Crippen molar-refractivity contribution >= 4 is 0 Å². The van der Waals surface area contributed by atoms with Crippen LogP contribution in [-0.2, 0) is 10.8 Å². The number of rotatable bonds is 1. The molecular weight excluding hydrogens is 244 g/mol. The van der Waals surface area contributed by atoms with Crippen molar-refractivity contribution in [3.8, 4) is 5.75 Å². The highest BCUT2D eigenvalue weighted by molar-refractivity contribution is 5.53. The summed E-state index contributed by atoms with van der Waals surface area (Å²) in [5.41, 5.74) is 5.71. The Morgan fingerprint density at radius 3 is 2.20 bits per heavy atom. The molecule has 1 atom stereocenters. The van der Waals surface area contributed by atoms with Crippen LogP contribution in [0, 0.1) is 6.92 Å². The van der Waals surface area contributed by atoms with Crippen LogP contribution in [0.25, 0.3) is 0 Å². The smallest absolute Gasteiger partial charge is 0.115 e. The van der Waals surface area contributed by atoms with E-state index in [9.17, 15) is 5.11 Å². The largest absolute Gasteiger partial charge is 0.508 e. The van der Waals surface area contributed by atoms with Crippen LogP contribution in [0.5, 0.6) is 5.75 Å². The van der Waals surface area contributed by atoms with Gasteiger partial charge < -0.3 is 5.11 Å². The van der Waals surface area contributed by atoms with Crippen molar-refractivity contribution in [1.29, 1.82) is 0 Å². The second-order valence-electron chi connectivity index (χ2n) is 6.99. The van der Waals surface area contributed by atoms with E-state index in [0.717, 1.165) is 6.42 Å². The summed E-state index contributed by atoms with van der Waals surface area (Å²) in [7, 11) is 0. The molecule has 0 amide bonds. The zero-order valence-electron chi connectivity index (χ0n) is 12.7. The van der Waals surface area contributed by atoms with Gasteiger partial charge in [-0.25, -0.2) is 0 Å². The van der Waals surface area contributed by atoms with Crippen LogP contribution in [0.1, 0.15) is 49.4 Å². The van der Waals surface area contributed by atoms with Gasteiger partial charge in [0, 0.05) is 5.41 Å². The maximum Gasteiger partial charge on any atom is 0.115 e. The molecule has 1 N–H and O–H groups in total. The molecule has 0 bridgehead atoms. The Morgan fingerprint density at radius 2 is 1.55 bits per heavy atom. The molecule has 0 aliphatic heterocycles. The van der Waals surface area contributed by atoms with E-state index < -0.39 is 0 Å². The topological polar surface area (TPSA) is 20.2 Å². The lowest BCUT2D eigenvalue weighted by atomic mass is 9.75. The van der Waals surface area contributed by atoms with Gasteiger partial charge in [0.2, 0.25) is 0 Å². The van der Waals surface area contributed by atoms with Crippen LogP contribution in [0.3, 0.4) is 0 Å². The normalized spacial score (nSPS) is 23.6. The molecule has 1 aliphatic rings. The van der Waals surface area contributed by atoms with Crippen LogP contribution >= 0.6 is 0 Å². The van der Waals surface area contributed by atoms with E-state index in [1.165, 1.54) is 22.3 Å². The molecular formula is C19H22O. The number of aryl methyl sites for hydroxylation is 1. The summed E-state index contributed by atoms with van der Waals surface area (Å²) in [6.07, 6.45) is 1.10. The van der Waals surface area contributed by atoms with E-state index in [1.807, 2.05) is 0 Å². The molecule has 2 aromatic rings. The fourth-order valence-electron chi connectivity index (χ4n) is 3.87. The molecule has 20 heavy (non-hydrogen) atoms. The molecule has 2 aromatic carbocycles. The molecule has 0 saturated carbocycles. The van der Waals surface area contributed by atoms with Gasteiger partial charge in [-0.05, 0) is 47.6 Å². The second kappa shape index (κ2) is 4.12. The van der Waals surface area contributed by atoms with Crippen molar-refractivity contribution in [3.05, 3.63) is 64.7 Å². The molecule has 0 spiro atoms. The van der Waals surface area contributed by atoms with Gasteiger partial charge in [0.1, 0.15) is 5.75 Å². The lowest BCUT2D eigenvalue weighted by Crippen LogP contribution is -2.23. The van der Waals surface area contributed by atoms with E-state index in [2.05, 4.69) is 58.0 Å². The van der Waals surface area contributed by atoms with Gasteiger partial charge in [-0.3, -0.25) is 0 Å². The molecule has 3 rings (SSSR count). The standard InChI is InChI=1S/C19H22O/c1-13-5-10-16-17(11-13)19(4,12-18(16,2)3)14-6-8-15(20)9-7-14/h5-11,20H,12H2,1-4H3. The van der Waals surface area contributed by atoms with E-state index in [4.69, 9.17) is 0 Å². The summed E-state index contributed by atoms with van der Waals surface area (Å²) < 4.78 is 0. The number of phenolic OH excluding ortho intramolecular Hbond substituents is 1. The summed E-state index contributed by atoms with van der Waals surface area (Å²) in [6, 6.07) is 14.5. The molecule has 1 unspecified atom stereocenters. The van der Waals surface area contributed by atoms with Crippen LogP contribution < -0.4 is 0 Å². The Labute approximate surface area is 121 Å². The van der Waals surface area contributed by atoms with Gasteiger partial charge in [-0.15, -0.1) is 0 Å². The first-order chi connectivity index (χ1) is 9.33. The maximum atomic E-state index is 9.53. The highest BCUT2D eigenvalue weighted by Crippen LogP contribution is 2.52. The predicted octanol–water partition coefficient (Wildman–Crippen LogP) is 4.69. The molecule has 1 aliphatic carbocycles. The Morgan fingerprint density at radius 1 is 0.900 bits per heavy atom. The van der Waals surface area contributed by atoms with Crippen LogP contribution in [0.4, 0.5) is 0 Å².